The minimum Gasteiger partial charge on any atom is -0.459 e. The normalized spacial score (nSPS) is 45.4. The van der Waals surface area contributed by atoms with Crippen LogP contribution in [0.5, 0.6) is 0 Å². The number of carbonyl (C=O) groups is 1. The zero-order valence-electron chi connectivity index (χ0n) is 14.6. The van der Waals surface area contributed by atoms with Gasteiger partial charge in [-0.15, -0.1) is 0 Å². The Morgan fingerprint density at radius 3 is 2.00 bits per heavy atom. The Hall–Kier alpha value is -0.930. The van der Waals surface area contributed by atoms with E-state index in [9.17, 15) is 35.4 Å². The van der Waals surface area contributed by atoms with Crippen LogP contribution in [0.15, 0.2) is 0 Å². The molecule has 2 saturated heterocycles. The Morgan fingerprint density at radius 1 is 0.852 bits per heavy atom. The van der Waals surface area contributed by atoms with Crippen molar-refractivity contribution >= 4 is 6.47 Å². The second kappa shape index (κ2) is 10.0. The number of hydrogen-bond acceptors (Lipinski definition) is 12. The summed E-state index contributed by atoms with van der Waals surface area (Å²) in [5.41, 5.74) is 0. The van der Waals surface area contributed by atoms with Gasteiger partial charge in [0.15, 0.2) is 18.7 Å². The summed E-state index contributed by atoms with van der Waals surface area (Å²) in [4.78, 5) is 10.5. The maximum absolute atomic E-state index is 10.5. The van der Waals surface area contributed by atoms with Crippen molar-refractivity contribution in [2.75, 3.05) is 19.8 Å². The molecule has 2 heterocycles. The minimum atomic E-state index is -1.71. The zero-order valence-corrected chi connectivity index (χ0v) is 14.6. The molecule has 0 spiro atoms. The van der Waals surface area contributed by atoms with Gasteiger partial charge in [0.2, 0.25) is 0 Å². The van der Waals surface area contributed by atoms with Crippen LogP contribution in [0.25, 0.3) is 0 Å². The number of hydrogen-bond donors (Lipinski definition) is 6. The summed E-state index contributed by atoms with van der Waals surface area (Å²) in [5, 5.41) is 59.3. The van der Waals surface area contributed by atoms with Crippen molar-refractivity contribution in [2.45, 2.75) is 68.3 Å². The molecule has 0 amide bonds. The molecule has 0 aromatic heterocycles. The second-order valence-corrected chi connectivity index (χ2v) is 6.17. The molecule has 158 valence electrons. The Labute approximate surface area is 154 Å². The first-order chi connectivity index (χ1) is 12.9. The van der Waals surface area contributed by atoms with Crippen LogP contribution >= 0.6 is 0 Å². The number of ether oxygens (including phenoxy) is 5. The Morgan fingerprint density at radius 2 is 1.44 bits per heavy atom. The molecule has 2 aliphatic heterocycles. The average Bonchev–Trinajstić information content (AvgIpc) is 2.66. The van der Waals surface area contributed by atoms with E-state index in [0.717, 1.165) is 0 Å². The van der Waals surface area contributed by atoms with Crippen LogP contribution in [-0.2, 0) is 28.5 Å². The summed E-state index contributed by atoms with van der Waals surface area (Å²) in [5.74, 6) is 0. The van der Waals surface area contributed by atoms with Gasteiger partial charge in [0, 0.05) is 6.61 Å². The van der Waals surface area contributed by atoms with E-state index in [-0.39, 0.29) is 13.1 Å². The van der Waals surface area contributed by atoms with E-state index < -0.39 is 74.6 Å². The van der Waals surface area contributed by atoms with Gasteiger partial charge in [-0.05, 0) is 6.92 Å². The van der Waals surface area contributed by atoms with E-state index in [1.165, 1.54) is 0 Å². The predicted octanol–water partition coefficient (Wildman–Crippen LogP) is -4.17. The number of carbonyl (C=O) groups excluding carboxylic acids is 1. The van der Waals surface area contributed by atoms with E-state index >= 15 is 0 Å². The molecule has 0 aliphatic carbocycles. The van der Waals surface area contributed by atoms with Gasteiger partial charge in [0.25, 0.3) is 6.47 Å². The Kier molecular flexibility index (Phi) is 8.30. The highest BCUT2D eigenvalue weighted by atomic mass is 16.8. The number of aliphatic hydroxyl groups excluding tert-OH is 6. The fourth-order valence-corrected chi connectivity index (χ4v) is 3.05. The van der Waals surface area contributed by atoms with Gasteiger partial charge in [0.05, 0.1) is 13.2 Å². The molecule has 0 radical (unpaired) electrons. The van der Waals surface area contributed by atoms with E-state index in [4.69, 9.17) is 18.9 Å². The third-order valence-electron chi connectivity index (χ3n) is 4.48. The summed E-state index contributed by atoms with van der Waals surface area (Å²) in [6.07, 6.45) is -14.2. The second-order valence-electron chi connectivity index (χ2n) is 6.17. The smallest absolute Gasteiger partial charge is 0.293 e. The van der Waals surface area contributed by atoms with Crippen LogP contribution in [0.4, 0.5) is 0 Å². The summed E-state index contributed by atoms with van der Waals surface area (Å²) in [6, 6.07) is 0. The van der Waals surface area contributed by atoms with Crippen LogP contribution in [0.3, 0.4) is 0 Å². The Bertz CT molecular complexity index is 462. The molecule has 10 atom stereocenters. The summed E-state index contributed by atoms with van der Waals surface area (Å²) in [6.45, 7) is 0.605. The minimum absolute atomic E-state index is 0.0447. The van der Waals surface area contributed by atoms with Crippen LogP contribution in [0.2, 0.25) is 0 Å². The lowest BCUT2D eigenvalue weighted by Gasteiger charge is -2.46. The lowest BCUT2D eigenvalue weighted by atomic mass is 9.97. The summed E-state index contributed by atoms with van der Waals surface area (Å²) in [7, 11) is 0. The standard InChI is InChI=1S/C15H26O12/c1-2-23-15-13(9(20)8(19)6(3-16)25-15)27-14-11(22)10(21)12(24-5-18)7(4-17)26-14/h5-17,19-22H,2-4H2,1H3/t6?,7?,8-,9+,10-,11?,12-,13?,14+,15+/m1/s1. The van der Waals surface area contributed by atoms with E-state index in [1.54, 1.807) is 6.92 Å². The molecule has 0 aromatic rings. The molecule has 12 heteroatoms. The molecule has 4 unspecified atom stereocenters. The molecule has 2 fully saturated rings. The van der Waals surface area contributed by atoms with Crippen LogP contribution in [0, 0.1) is 0 Å². The topological polar surface area (TPSA) is 185 Å². The quantitative estimate of drug-likeness (QED) is 0.217. The fourth-order valence-electron chi connectivity index (χ4n) is 3.05. The Balaban J connectivity index is 2.15. The molecule has 0 aromatic carbocycles. The maximum atomic E-state index is 10.5. The first kappa shape index (κ1) is 22.4. The van der Waals surface area contributed by atoms with Crippen molar-refractivity contribution in [3.8, 4) is 0 Å². The van der Waals surface area contributed by atoms with E-state index in [2.05, 4.69) is 4.74 Å². The number of rotatable bonds is 8. The van der Waals surface area contributed by atoms with Gasteiger partial charge in [-0.1, -0.05) is 0 Å². The lowest BCUT2D eigenvalue weighted by molar-refractivity contribution is -0.366. The van der Waals surface area contributed by atoms with Crippen molar-refractivity contribution in [3.63, 3.8) is 0 Å². The fraction of sp³-hybridized carbons (Fsp3) is 0.933. The van der Waals surface area contributed by atoms with Crippen LogP contribution in [0.1, 0.15) is 6.92 Å². The molecular formula is C15H26O12. The molecular weight excluding hydrogens is 372 g/mol. The molecule has 6 N–H and O–H groups in total. The van der Waals surface area contributed by atoms with E-state index in [1.807, 2.05) is 0 Å². The van der Waals surface area contributed by atoms with Crippen LogP contribution < -0.4 is 0 Å². The largest absolute Gasteiger partial charge is 0.459 e. The molecule has 12 nitrogen and oxygen atoms in total. The van der Waals surface area contributed by atoms with Gasteiger partial charge in [-0.3, -0.25) is 4.79 Å². The van der Waals surface area contributed by atoms with Crippen molar-refractivity contribution in [1.29, 1.82) is 0 Å². The van der Waals surface area contributed by atoms with Gasteiger partial charge < -0.3 is 54.3 Å². The van der Waals surface area contributed by atoms with Crippen molar-refractivity contribution in [3.05, 3.63) is 0 Å². The van der Waals surface area contributed by atoms with Crippen molar-refractivity contribution in [2.24, 2.45) is 0 Å². The van der Waals surface area contributed by atoms with Crippen molar-refractivity contribution in [1.82, 2.24) is 0 Å². The first-order valence-corrected chi connectivity index (χ1v) is 8.50. The third-order valence-corrected chi connectivity index (χ3v) is 4.48. The van der Waals surface area contributed by atoms with Gasteiger partial charge in [0.1, 0.15) is 42.7 Å². The highest BCUT2D eigenvalue weighted by Gasteiger charge is 2.51. The molecule has 0 bridgehead atoms. The van der Waals surface area contributed by atoms with E-state index in [0.29, 0.717) is 0 Å². The van der Waals surface area contributed by atoms with Gasteiger partial charge in [-0.2, -0.15) is 0 Å². The first-order valence-electron chi connectivity index (χ1n) is 8.50. The highest BCUT2D eigenvalue weighted by Crippen LogP contribution is 2.30. The summed E-state index contributed by atoms with van der Waals surface area (Å²) < 4.78 is 26.1. The lowest BCUT2D eigenvalue weighted by Crippen LogP contribution is -2.65. The average molecular weight is 398 g/mol. The van der Waals surface area contributed by atoms with Gasteiger partial charge >= 0.3 is 0 Å². The summed E-state index contributed by atoms with van der Waals surface area (Å²) >= 11 is 0. The zero-order chi connectivity index (χ0) is 20.1. The van der Waals surface area contributed by atoms with Gasteiger partial charge in [-0.25, -0.2) is 0 Å². The SMILES string of the molecule is CCO[C@H]1OC(CO)[C@@H](O)[C@H](O)C1O[C@@H]1OC(CO)[C@@H](OC=O)[C@H](O)C1O. The molecule has 2 rings (SSSR count). The van der Waals surface area contributed by atoms with Crippen LogP contribution in [-0.4, -0.2) is 118 Å². The maximum Gasteiger partial charge on any atom is 0.293 e. The molecule has 0 saturated carbocycles. The van der Waals surface area contributed by atoms with Crippen molar-refractivity contribution < 1.29 is 59.1 Å². The monoisotopic (exact) mass is 398 g/mol. The molecule has 27 heavy (non-hydrogen) atoms. The highest BCUT2D eigenvalue weighted by molar-refractivity contribution is 5.38. The predicted molar refractivity (Wildman–Crippen MR) is 83.0 cm³/mol. The third kappa shape index (κ3) is 4.74. The number of aliphatic hydroxyl groups is 6. The molecule has 2 aliphatic rings.